The first-order valence-electron chi connectivity index (χ1n) is 6.05. The van der Waals surface area contributed by atoms with E-state index in [0.717, 1.165) is 0 Å². The lowest BCUT2D eigenvalue weighted by atomic mass is 10.0. The van der Waals surface area contributed by atoms with E-state index >= 15 is 0 Å². The number of ether oxygens (including phenoxy) is 1. The third kappa shape index (κ3) is 2.32. The molecule has 20 heavy (non-hydrogen) atoms. The first-order chi connectivity index (χ1) is 9.47. The molecule has 2 aromatic rings. The molecule has 1 unspecified atom stereocenters. The number of benzene rings is 1. The van der Waals surface area contributed by atoms with Gasteiger partial charge < -0.3 is 19.4 Å². The minimum atomic E-state index is -1.07. The van der Waals surface area contributed by atoms with Gasteiger partial charge in [0.05, 0.1) is 7.11 Å². The first kappa shape index (κ1) is 13.9. The number of fused-ring (bicyclic) bond motifs is 1. The average molecular weight is 278 g/mol. The minimum absolute atomic E-state index is 0.00907. The van der Waals surface area contributed by atoms with E-state index in [1.807, 2.05) is 0 Å². The highest BCUT2D eigenvalue weighted by atomic mass is 16.5. The van der Waals surface area contributed by atoms with E-state index in [-0.39, 0.29) is 16.9 Å². The maximum Gasteiger partial charge on any atom is 0.347 e. The summed E-state index contributed by atoms with van der Waals surface area (Å²) in [7, 11) is 1.43. The van der Waals surface area contributed by atoms with Crippen LogP contribution in [0.3, 0.4) is 0 Å². The van der Waals surface area contributed by atoms with Gasteiger partial charge in [0, 0.05) is 6.07 Å². The molecule has 6 heteroatoms. The van der Waals surface area contributed by atoms with Gasteiger partial charge >= 0.3 is 11.6 Å². The van der Waals surface area contributed by atoms with Crippen molar-refractivity contribution in [2.45, 2.75) is 19.3 Å². The molecular weight excluding hydrogens is 264 g/mol. The van der Waals surface area contributed by atoms with Crippen molar-refractivity contribution in [1.29, 1.82) is 0 Å². The molecule has 0 aliphatic carbocycles. The summed E-state index contributed by atoms with van der Waals surface area (Å²) in [6, 6.07) is 4.29. The number of hydrogen-bond acceptors (Lipinski definition) is 5. The molecular formula is C14H14O6. The Hall–Kier alpha value is -2.50. The molecule has 0 amide bonds. The van der Waals surface area contributed by atoms with Crippen molar-refractivity contribution in [2.24, 2.45) is 0 Å². The van der Waals surface area contributed by atoms with Crippen LogP contribution in [0.1, 0.15) is 25.0 Å². The van der Waals surface area contributed by atoms with Crippen molar-refractivity contribution in [3.05, 3.63) is 34.4 Å². The van der Waals surface area contributed by atoms with Crippen LogP contribution in [0.25, 0.3) is 10.8 Å². The van der Waals surface area contributed by atoms with Gasteiger partial charge in [-0.3, -0.25) is 4.79 Å². The Labute approximate surface area is 114 Å². The normalized spacial score (nSPS) is 12.3. The van der Waals surface area contributed by atoms with Crippen molar-refractivity contribution in [3.8, 4) is 11.5 Å². The predicted octanol–water partition coefficient (Wildman–Crippen LogP) is 2.09. The van der Waals surface area contributed by atoms with Gasteiger partial charge in [-0.25, -0.2) is 4.79 Å². The van der Waals surface area contributed by atoms with Gasteiger partial charge in [-0.05, 0) is 23.9 Å². The summed E-state index contributed by atoms with van der Waals surface area (Å²) in [4.78, 5) is 23.0. The van der Waals surface area contributed by atoms with Crippen molar-refractivity contribution in [1.82, 2.24) is 0 Å². The molecule has 1 heterocycles. The van der Waals surface area contributed by atoms with Gasteiger partial charge in [0.25, 0.3) is 0 Å². The van der Waals surface area contributed by atoms with Crippen LogP contribution in [0.5, 0.6) is 11.5 Å². The third-order valence-corrected chi connectivity index (χ3v) is 3.12. The van der Waals surface area contributed by atoms with E-state index in [2.05, 4.69) is 0 Å². The lowest BCUT2D eigenvalue weighted by Crippen LogP contribution is -2.13. The van der Waals surface area contributed by atoms with E-state index in [4.69, 9.17) is 14.3 Å². The highest BCUT2D eigenvalue weighted by molar-refractivity contribution is 5.89. The van der Waals surface area contributed by atoms with E-state index in [9.17, 15) is 14.7 Å². The fourth-order valence-electron chi connectivity index (χ4n) is 2.09. The lowest BCUT2D eigenvalue weighted by molar-refractivity contribution is -0.139. The molecule has 2 rings (SSSR count). The van der Waals surface area contributed by atoms with Crippen molar-refractivity contribution in [3.63, 3.8) is 0 Å². The molecule has 0 fully saturated rings. The lowest BCUT2D eigenvalue weighted by Gasteiger charge is -2.10. The molecule has 6 nitrogen and oxygen atoms in total. The molecule has 1 aromatic carbocycles. The average Bonchev–Trinajstić information content (AvgIpc) is 2.37. The molecule has 1 aromatic heterocycles. The summed E-state index contributed by atoms with van der Waals surface area (Å²) in [6.07, 6.45) is 0.291. The fourth-order valence-corrected chi connectivity index (χ4v) is 2.09. The van der Waals surface area contributed by atoms with Gasteiger partial charge in [0.2, 0.25) is 0 Å². The number of carbonyl (C=O) groups is 1. The number of rotatable bonds is 4. The smallest absolute Gasteiger partial charge is 0.347 e. The molecule has 106 valence electrons. The number of phenols is 1. The number of aliphatic carboxylic acids is 1. The maximum atomic E-state index is 11.9. The zero-order chi connectivity index (χ0) is 14.9. The molecule has 2 N–H and O–H groups in total. The Morgan fingerprint density at radius 1 is 1.40 bits per heavy atom. The predicted molar refractivity (Wildman–Crippen MR) is 71.4 cm³/mol. The standard InChI is InChI=1S/C14H14O6/c1-3-9(13(16)17)11-5-7-4-8(19-2)6-10(15)12(7)14(18)20-11/h4-6,9,15H,3H2,1-2H3,(H,16,17). The monoisotopic (exact) mass is 278 g/mol. The second kappa shape index (κ2) is 5.24. The molecule has 0 saturated heterocycles. The first-order valence-corrected chi connectivity index (χ1v) is 6.05. The number of phenolic OH excluding ortho intramolecular Hbond substituents is 1. The van der Waals surface area contributed by atoms with Crippen LogP contribution in [0, 0.1) is 0 Å². The van der Waals surface area contributed by atoms with Gasteiger partial charge in [-0.2, -0.15) is 0 Å². The van der Waals surface area contributed by atoms with E-state index in [1.165, 1.54) is 19.2 Å². The van der Waals surface area contributed by atoms with Crippen LogP contribution in [0.2, 0.25) is 0 Å². The molecule has 0 bridgehead atoms. The molecule has 0 radical (unpaired) electrons. The Bertz CT molecular complexity index is 715. The number of methoxy groups -OCH3 is 1. The zero-order valence-electron chi connectivity index (χ0n) is 11.0. The Balaban J connectivity index is 2.73. The Kier molecular flexibility index (Phi) is 3.65. The summed E-state index contributed by atoms with van der Waals surface area (Å²) in [5, 5.41) is 19.3. The Morgan fingerprint density at radius 3 is 2.65 bits per heavy atom. The third-order valence-electron chi connectivity index (χ3n) is 3.12. The largest absolute Gasteiger partial charge is 0.507 e. The highest BCUT2D eigenvalue weighted by Gasteiger charge is 2.22. The second-order valence-corrected chi connectivity index (χ2v) is 4.35. The van der Waals surface area contributed by atoms with Gasteiger partial charge in [-0.15, -0.1) is 0 Å². The van der Waals surface area contributed by atoms with Crippen molar-refractivity contribution in [2.75, 3.05) is 7.11 Å². The zero-order valence-corrected chi connectivity index (χ0v) is 11.0. The highest BCUT2D eigenvalue weighted by Crippen LogP contribution is 2.30. The number of hydrogen-bond donors (Lipinski definition) is 2. The topological polar surface area (TPSA) is 97.0 Å². The number of aromatic hydroxyl groups is 1. The number of carboxylic acid groups (broad SMARTS) is 1. The van der Waals surface area contributed by atoms with Crippen molar-refractivity contribution < 1.29 is 24.2 Å². The molecule has 0 saturated carbocycles. The summed E-state index contributed by atoms with van der Waals surface area (Å²) in [6.45, 7) is 1.69. The van der Waals surface area contributed by atoms with Crippen LogP contribution < -0.4 is 10.4 Å². The van der Waals surface area contributed by atoms with Crippen LogP contribution in [-0.4, -0.2) is 23.3 Å². The van der Waals surface area contributed by atoms with Gasteiger partial charge in [0.15, 0.2) is 0 Å². The summed E-state index contributed by atoms with van der Waals surface area (Å²) in [5.74, 6) is -1.80. The Morgan fingerprint density at radius 2 is 2.10 bits per heavy atom. The van der Waals surface area contributed by atoms with Gasteiger partial charge in [-0.1, -0.05) is 6.92 Å². The summed E-state index contributed by atoms with van der Waals surface area (Å²) in [5.41, 5.74) is -0.766. The molecule has 0 aliphatic heterocycles. The van der Waals surface area contributed by atoms with Crippen molar-refractivity contribution >= 4 is 16.7 Å². The van der Waals surface area contributed by atoms with Crippen LogP contribution in [0.4, 0.5) is 0 Å². The van der Waals surface area contributed by atoms with E-state index in [1.54, 1.807) is 13.0 Å². The van der Waals surface area contributed by atoms with Gasteiger partial charge in [0.1, 0.15) is 28.6 Å². The van der Waals surface area contributed by atoms with Crippen LogP contribution in [-0.2, 0) is 4.79 Å². The number of carboxylic acids is 1. The molecule has 0 aliphatic rings. The minimum Gasteiger partial charge on any atom is -0.507 e. The van der Waals surface area contributed by atoms with E-state index < -0.39 is 17.5 Å². The molecule has 0 spiro atoms. The summed E-state index contributed by atoms with van der Waals surface area (Å²) < 4.78 is 10.0. The quantitative estimate of drug-likeness (QED) is 0.888. The van der Waals surface area contributed by atoms with Crippen LogP contribution in [0.15, 0.2) is 27.4 Å². The van der Waals surface area contributed by atoms with Crippen LogP contribution >= 0.6 is 0 Å². The second-order valence-electron chi connectivity index (χ2n) is 4.35. The molecule has 1 atom stereocenters. The SMILES string of the molecule is CCC(C(=O)O)c1cc2cc(OC)cc(O)c2c(=O)o1. The fraction of sp³-hybridized carbons (Fsp3) is 0.286. The van der Waals surface area contributed by atoms with E-state index in [0.29, 0.717) is 17.6 Å². The maximum absolute atomic E-state index is 11.9. The summed E-state index contributed by atoms with van der Waals surface area (Å²) >= 11 is 0.